The molecule has 0 radical (unpaired) electrons. The van der Waals surface area contributed by atoms with Crippen molar-refractivity contribution in [2.75, 3.05) is 40.4 Å². The molecule has 0 aromatic rings. The van der Waals surface area contributed by atoms with Gasteiger partial charge in [0.05, 0.1) is 13.2 Å². The Balaban J connectivity index is 2.08. The summed E-state index contributed by atoms with van der Waals surface area (Å²) in [6, 6.07) is 0.262. The molecule has 1 rings (SSSR count). The van der Waals surface area contributed by atoms with Crippen LogP contribution in [0.4, 0.5) is 0 Å². The van der Waals surface area contributed by atoms with E-state index in [0.29, 0.717) is 25.7 Å². The van der Waals surface area contributed by atoms with Crippen LogP contribution in [0.25, 0.3) is 0 Å². The van der Waals surface area contributed by atoms with E-state index in [-0.39, 0.29) is 17.9 Å². The molecule has 112 valence electrons. The normalized spacial score (nSPS) is 27.5. The first-order valence-electron chi connectivity index (χ1n) is 7.26. The minimum Gasteiger partial charge on any atom is -0.378 e. The fraction of sp³-hybridized carbons (Fsp3) is 0.929. The van der Waals surface area contributed by atoms with E-state index >= 15 is 0 Å². The minimum absolute atomic E-state index is 0.136. The van der Waals surface area contributed by atoms with Crippen LogP contribution in [0.3, 0.4) is 0 Å². The van der Waals surface area contributed by atoms with Crippen LogP contribution in [0.2, 0.25) is 0 Å². The highest BCUT2D eigenvalue weighted by Crippen LogP contribution is 2.27. The summed E-state index contributed by atoms with van der Waals surface area (Å²) in [5.41, 5.74) is 5.96. The molecule has 3 N–H and O–H groups in total. The molecule has 5 heteroatoms. The second-order valence-corrected chi connectivity index (χ2v) is 5.86. The molecule has 19 heavy (non-hydrogen) atoms. The fourth-order valence-corrected chi connectivity index (χ4v) is 2.40. The van der Waals surface area contributed by atoms with Gasteiger partial charge in [-0.15, -0.1) is 0 Å². The first-order valence-corrected chi connectivity index (χ1v) is 7.26. The van der Waals surface area contributed by atoms with Crippen molar-refractivity contribution in [1.29, 1.82) is 0 Å². The van der Waals surface area contributed by atoms with Gasteiger partial charge in [0.15, 0.2) is 0 Å². The summed E-state index contributed by atoms with van der Waals surface area (Å²) in [6.07, 6.45) is 2.78. The Bertz CT molecular complexity index is 271. The molecule has 3 unspecified atom stereocenters. The maximum Gasteiger partial charge on any atom is 0.223 e. The number of ether oxygens (including phenoxy) is 1. The molecule has 0 heterocycles. The minimum atomic E-state index is 0.136. The average molecular weight is 271 g/mol. The zero-order valence-electron chi connectivity index (χ0n) is 12.5. The summed E-state index contributed by atoms with van der Waals surface area (Å²) in [7, 11) is 4.03. The van der Waals surface area contributed by atoms with Gasteiger partial charge in [-0.1, -0.05) is 6.92 Å². The van der Waals surface area contributed by atoms with E-state index in [9.17, 15) is 4.79 Å². The highest BCUT2D eigenvalue weighted by molar-refractivity contribution is 5.78. The molecule has 0 bridgehead atoms. The molecule has 0 aromatic heterocycles. The number of likely N-dealkylation sites (N-methyl/N-ethyl adjacent to an activating group) is 1. The van der Waals surface area contributed by atoms with E-state index < -0.39 is 0 Å². The average Bonchev–Trinajstić information content (AvgIpc) is 2.36. The van der Waals surface area contributed by atoms with Gasteiger partial charge in [0.1, 0.15) is 0 Å². The topological polar surface area (TPSA) is 67.6 Å². The van der Waals surface area contributed by atoms with Gasteiger partial charge in [-0.2, -0.15) is 0 Å². The van der Waals surface area contributed by atoms with Gasteiger partial charge < -0.3 is 20.7 Å². The van der Waals surface area contributed by atoms with Gasteiger partial charge >= 0.3 is 0 Å². The number of amides is 1. The van der Waals surface area contributed by atoms with Crippen LogP contribution >= 0.6 is 0 Å². The van der Waals surface area contributed by atoms with Crippen molar-refractivity contribution < 1.29 is 9.53 Å². The molecule has 0 aliphatic heterocycles. The molecule has 0 aromatic carbocycles. The summed E-state index contributed by atoms with van der Waals surface area (Å²) < 4.78 is 5.44. The SMILES string of the molecule is CC1CC(C(=O)NCCOCCN(C)C)CCC1N. The van der Waals surface area contributed by atoms with Gasteiger partial charge in [0.25, 0.3) is 0 Å². The quantitative estimate of drug-likeness (QED) is 0.660. The van der Waals surface area contributed by atoms with Crippen molar-refractivity contribution in [2.45, 2.75) is 32.2 Å². The lowest BCUT2D eigenvalue weighted by atomic mass is 9.79. The number of carbonyl (C=O) groups excluding carboxylic acids is 1. The zero-order valence-corrected chi connectivity index (χ0v) is 12.5. The Kier molecular flexibility index (Phi) is 7.34. The molecule has 5 nitrogen and oxygen atoms in total. The van der Waals surface area contributed by atoms with Crippen molar-refractivity contribution >= 4 is 5.91 Å². The second kappa shape index (κ2) is 8.51. The van der Waals surface area contributed by atoms with E-state index in [2.05, 4.69) is 17.1 Å². The van der Waals surface area contributed by atoms with Gasteiger partial charge in [-0.25, -0.2) is 0 Å². The van der Waals surface area contributed by atoms with Crippen LogP contribution < -0.4 is 11.1 Å². The molecule has 1 amide bonds. The molecule has 1 aliphatic carbocycles. The molecule has 3 atom stereocenters. The number of carbonyl (C=O) groups is 1. The largest absolute Gasteiger partial charge is 0.378 e. The van der Waals surface area contributed by atoms with Crippen molar-refractivity contribution in [1.82, 2.24) is 10.2 Å². The Labute approximate surface area is 116 Å². The number of hydrogen-bond donors (Lipinski definition) is 2. The number of rotatable bonds is 7. The summed E-state index contributed by atoms with van der Waals surface area (Å²) >= 11 is 0. The Morgan fingerprint density at radius 3 is 2.74 bits per heavy atom. The number of hydrogen-bond acceptors (Lipinski definition) is 4. The van der Waals surface area contributed by atoms with Gasteiger partial charge in [-0.3, -0.25) is 4.79 Å². The smallest absolute Gasteiger partial charge is 0.223 e. The molecule has 0 saturated heterocycles. The second-order valence-electron chi connectivity index (χ2n) is 5.86. The van der Waals surface area contributed by atoms with E-state index in [4.69, 9.17) is 10.5 Å². The van der Waals surface area contributed by atoms with E-state index in [0.717, 1.165) is 25.8 Å². The zero-order chi connectivity index (χ0) is 14.3. The first-order chi connectivity index (χ1) is 9.00. The third-order valence-corrected chi connectivity index (χ3v) is 3.83. The molecule has 1 fully saturated rings. The Morgan fingerprint density at radius 2 is 2.11 bits per heavy atom. The third kappa shape index (κ3) is 6.36. The van der Waals surface area contributed by atoms with E-state index in [1.165, 1.54) is 0 Å². The maximum atomic E-state index is 12.0. The van der Waals surface area contributed by atoms with Crippen LogP contribution in [0.15, 0.2) is 0 Å². The Hall–Kier alpha value is -0.650. The van der Waals surface area contributed by atoms with Gasteiger partial charge in [-0.05, 0) is 39.3 Å². The lowest BCUT2D eigenvalue weighted by Crippen LogP contribution is -2.41. The summed E-state index contributed by atoms with van der Waals surface area (Å²) in [5.74, 6) is 0.743. The molecular formula is C14H29N3O2. The highest BCUT2D eigenvalue weighted by Gasteiger charge is 2.29. The number of nitrogens with one attached hydrogen (secondary N) is 1. The van der Waals surface area contributed by atoms with Crippen LogP contribution in [0.5, 0.6) is 0 Å². The third-order valence-electron chi connectivity index (χ3n) is 3.83. The Morgan fingerprint density at radius 1 is 1.37 bits per heavy atom. The lowest BCUT2D eigenvalue weighted by molar-refractivity contribution is -0.126. The van der Waals surface area contributed by atoms with Gasteiger partial charge in [0.2, 0.25) is 5.91 Å². The highest BCUT2D eigenvalue weighted by atomic mass is 16.5. The van der Waals surface area contributed by atoms with E-state index in [1.807, 2.05) is 14.1 Å². The standard InChI is InChI=1S/C14H29N3O2/c1-11-10-12(4-5-13(11)15)14(18)16-6-8-19-9-7-17(2)3/h11-13H,4-10,15H2,1-3H3,(H,16,18). The van der Waals surface area contributed by atoms with E-state index in [1.54, 1.807) is 0 Å². The summed E-state index contributed by atoms with van der Waals surface area (Å²) in [6.45, 7) is 4.93. The number of nitrogens with zero attached hydrogens (tertiary/aromatic N) is 1. The summed E-state index contributed by atoms with van der Waals surface area (Å²) in [5, 5.41) is 2.96. The first kappa shape index (κ1) is 16.4. The monoisotopic (exact) mass is 271 g/mol. The van der Waals surface area contributed by atoms with Crippen molar-refractivity contribution in [2.24, 2.45) is 17.6 Å². The van der Waals surface area contributed by atoms with Crippen molar-refractivity contribution in [3.63, 3.8) is 0 Å². The maximum absolute atomic E-state index is 12.0. The fourth-order valence-electron chi connectivity index (χ4n) is 2.40. The summed E-state index contributed by atoms with van der Waals surface area (Å²) in [4.78, 5) is 14.1. The predicted molar refractivity (Wildman–Crippen MR) is 76.9 cm³/mol. The van der Waals surface area contributed by atoms with Crippen LogP contribution in [-0.4, -0.2) is 57.2 Å². The van der Waals surface area contributed by atoms with Crippen molar-refractivity contribution in [3.05, 3.63) is 0 Å². The molecule has 0 spiro atoms. The van der Waals surface area contributed by atoms with Gasteiger partial charge in [0, 0.05) is 25.0 Å². The van der Waals surface area contributed by atoms with Crippen LogP contribution in [0.1, 0.15) is 26.2 Å². The van der Waals surface area contributed by atoms with Crippen molar-refractivity contribution in [3.8, 4) is 0 Å². The number of nitrogens with two attached hydrogens (primary N) is 1. The molecule has 1 saturated carbocycles. The lowest BCUT2D eigenvalue weighted by Gasteiger charge is -2.31. The molecular weight excluding hydrogens is 242 g/mol. The predicted octanol–water partition coefficient (Wildman–Crippen LogP) is 0.444. The molecule has 1 aliphatic rings. The van der Waals surface area contributed by atoms with Crippen LogP contribution in [-0.2, 0) is 9.53 Å². The van der Waals surface area contributed by atoms with Crippen LogP contribution in [0, 0.1) is 11.8 Å².